The van der Waals surface area contributed by atoms with E-state index in [1.807, 2.05) is 43.3 Å². The van der Waals surface area contributed by atoms with Gasteiger partial charge in [-0.1, -0.05) is 48.5 Å². The van der Waals surface area contributed by atoms with Gasteiger partial charge in [-0.05, 0) is 74.0 Å². The van der Waals surface area contributed by atoms with Crippen molar-refractivity contribution in [1.82, 2.24) is 24.8 Å². The zero-order chi connectivity index (χ0) is 35.9. The van der Waals surface area contributed by atoms with Gasteiger partial charge in [-0.15, -0.1) is 0 Å². The number of piperazine rings is 2. The molecule has 52 heavy (non-hydrogen) atoms. The summed E-state index contributed by atoms with van der Waals surface area (Å²) < 4.78 is 0. The van der Waals surface area contributed by atoms with Gasteiger partial charge >= 0.3 is 0 Å². The first-order valence-electron chi connectivity index (χ1n) is 17.9. The Morgan fingerprint density at radius 3 is 2.17 bits per heavy atom. The zero-order valence-electron chi connectivity index (χ0n) is 29.5. The van der Waals surface area contributed by atoms with E-state index in [4.69, 9.17) is 31.5 Å². The van der Waals surface area contributed by atoms with Crippen LogP contribution >= 0.6 is 11.6 Å². The number of aromatic hydroxyl groups is 1. The molecule has 0 saturated carbocycles. The van der Waals surface area contributed by atoms with Crippen molar-refractivity contribution in [2.24, 2.45) is 0 Å². The molecule has 5 aromatic rings. The summed E-state index contributed by atoms with van der Waals surface area (Å²) in [6.07, 6.45) is 8.90. The number of rotatable bonds is 12. The second-order valence-corrected chi connectivity index (χ2v) is 13.4. The molecule has 7 rings (SSSR count). The van der Waals surface area contributed by atoms with Gasteiger partial charge in [-0.2, -0.15) is 15.0 Å². The molecule has 0 unspecified atom stereocenters. The van der Waals surface area contributed by atoms with Crippen molar-refractivity contribution in [2.75, 3.05) is 90.8 Å². The third kappa shape index (κ3) is 8.00. The quantitative estimate of drug-likeness (QED) is 0.0710. The maximum atomic E-state index is 10.3. The fourth-order valence-electron chi connectivity index (χ4n) is 6.78. The Bertz CT molecular complexity index is 2070. The number of pyridine rings is 1. The minimum atomic E-state index is 0.197. The SMILES string of the molecule is C=C/C(=C\C=C/C)N1CCN(c2nc(NCCCNc3c4ccc(Cl)cc4nc4ccc(O)cc34)nc(N3CCN(c4ccccc4)CC3)n2)CC1. The first-order valence-corrected chi connectivity index (χ1v) is 18.3. The third-order valence-electron chi connectivity index (χ3n) is 9.55. The smallest absolute Gasteiger partial charge is 0.232 e. The molecule has 2 fully saturated rings. The molecular formula is C40H45ClN10O. The Hall–Kier alpha value is -5.55. The van der Waals surface area contributed by atoms with Gasteiger partial charge < -0.3 is 35.3 Å². The highest BCUT2D eigenvalue weighted by Crippen LogP contribution is 2.34. The first kappa shape index (κ1) is 34.9. The van der Waals surface area contributed by atoms with Gasteiger partial charge in [0.15, 0.2) is 0 Å². The standard InChI is InChI=1S/C40H45ClN10O/c1-3-5-10-30(4-2)48-19-23-50(24-20-48)39-45-38(46-40(47-39)51-25-21-49(22-26-51)31-11-7-6-8-12-31)43-18-9-17-42-37-33-15-13-29(41)27-36(33)44-35-16-14-32(52)28-34(35)37/h3-8,10-16,27-28,52H,2,9,17-26H2,1H3,(H,42,44)(H,43,45,46,47)/b5-3-,30-10+. The average molecular weight is 717 g/mol. The molecule has 0 bridgehead atoms. The number of aromatic nitrogens is 4. The fourth-order valence-corrected chi connectivity index (χ4v) is 6.95. The van der Waals surface area contributed by atoms with Crippen LogP contribution in [0.2, 0.25) is 5.02 Å². The van der Waals surface area contributed by atoms with Crippen molar-refractivity contribution in [1.29, 1.82) is 0 Å². The molecule has 3 N–H and O–H groups in total. The van der Waals surface area contributed by atoms with Gasteiger partial charge in [0, 0.05) is 92.6 Å². The summed E-state index contributed by atoms with van der Waals surface area (Å²) in [6, 6.07) is 21.5. The molecule has 11 nitrogen and oxygen atoms in total. The van der Waals surface area contributed by atoms with E-state index in [1.54, 1.807) is 12.1 Å². The van der Waals surface area contributed by atoms with Crippen LogP contribution in [0.3, 0.4) is 0 Å². The van der Waals surface area contributed by atoms with Crippen LogP contribution in [0.5, 0.6) is 5.75 Å². The number of hydrogen-bond donors (Lipinski definition) is 3. The lowest BCUT2D eigenvalue weighted by atomic mass is 10.1. The molecule has 2 aliphatic heterocycles. The van der Waals surface area contributed by atoms with Crippen LogP contribution in [0, 0.1) is 0 Å². The van der Waals surface area contributed by atoms with E-state index in [9.17, 15) is 5.11 Å². The number of benzene rings is 3. The summed E-state index contributed by atoms with van der Waals surface area (Å²) in [5.41, 5.74) is 4.87. The Morgan fingerprint density at radius 2 is 1.46 bits per heavy atom. The van der Waals surface area contributed by atoms with E-state index in [0.29, 0.717) is 36.0 Å². The van der Waals surface area contributed by atoms with E-state index < -0.39 is 0 Å². The van der Waals surface area contributed by atoms with Crippen LogP contribution in [0.15, 0.2) is 103 Å². The summed E-state index contributed by atoms with van der Waals surface area (Å²) in [7, 11) is 0. The number of para-hydroxylation sites is 1. The Balaban J connectivity index is 1.05. The number of phenols is 1. The van der Waals surface area contributed by atoms with Crippen molar-refractivity contribution in [3.05, 3.63) is 108 Å². The molecule has 0 aliphatic carbocycles. The predicted octanol–water partition coefficient (Wildman–Crippen LogP) is 6.94. The zero-order valence-corrected chi connectivity index (χ0v) is 30.3. The predicted molar refractivity (Wildman–Crippen MR) is 215 cm³/mol. The number of nitrogens with one attached hydrogen (secondary N) is 2. The second-order valence-electron chi connectivity index (χ2n) is 12.9. The average Bonchev–Trinajstić information content (AvgIpc) is 3.18. The van der Waals surface area contributed by atoms with Crippen LogP contribution in [0.4, 0.5) is 29.2 Å². The van der Waals surface area contributed by atoms with Gasteiger partial charge in [-0.25, -0.2) is 4.98 Å². The molecule has 268 valence electrons. The van der Waals surface area contributed by atoms with Crippen LogP contribution in [-0.2, 0) is 0 Å². The number of phenolic OH excluding ortho intramolecular Hbond substituents is 1. The lowest BCUT2D eigenvalue weighted by molar-refractivity contribution is 0.328. The van der Waals surface area contributed by atoms with Crippen LogP contribution in [0.25, 0.3) is 21.8 Å². The molecule has 2 aliphatic rings. The molecule has 2 aromatic heterocycles. The minimum Gasteiger partial charge on any atom is -0.508 e. The van der Waals surface area contributed by atoms with E-state index in [1.165, 1.54) is 5.69 Å². The molecule has 0 radical (unpaired) electrons. The van der Waals surface area contributed by atoms with Gasteiger partial charge in [0.25, 0.3) is 0 Å². The largest absolute Gasteiger partial charge is 0.508 e. The molecule has 4 heterocycles. The summed E-state index contributed by atoms with van der Waals surface area (Å²) in [5, 5.41) is 19.8. The summed E-state index contributed by atoms with van der Waals surface area (Å²) >= 11 is 6.30. The minimum absolute atomic E-state index is 0.197. The monoisotopic (exact) mass is 716 g/mol. The third-order valence-corrected chi connectivity index (χ3v) is 9.78. The molecule has 2 saturated heterocycles. The second kappa shape index (κ2) is 16.2. The molecule has 0 spiro atoms. The van der Waals surface area contributed by atoms with Gasteiger partial charge in [0.05, 0.1) is 16.7 Å². The van der Waals surface area contributed by atoms with Crippen molar-refractivity contribution in [2.45, 2.75) is 13.3 Å². The van der Waals surface area contributed by atoms with Crippen LogP contribution < -0.4 is 25.3 Å². The molecular weight excluding hydrogens is 672 g/mol. The summed E-state index contributed by atoms with van der Waals surface area (Å²) in [4.78, 5) is 29.0. The summed E-state index contributed by atoms with van der Waals surface area (Å²) in [6.45, 7) is 14.1. The van der Waals surface area contributed by atoms with Crippen molar-refractivity contribution in [3.8, 4) is 5.75 Å². The van der Waals surface area contributed by atoms with Crippen molar-refractivity contribution in [3.63, 3.8) is 0 Å². The van der Waals surface area contributed by atoms with E-state index >= 15 is 0 Å². The Morgan fingerprint density at radius 1 is 0.769 bits per heavy atom. The van der Waals surface area contributed by atoms with Gasteiger partial charge in [-0.3, -0.25) is 0 Å². The number of hydrogen-bond acceptors (Lipinski definition) is 11. The number of fused-ring (bicyclic) bond motifs is 2. The molecule has 0 amide bonds. The normalized spacial score (nSPS) is 15.5. The van der Waals surface area contributed by atoms with E-state index in [-0.39, 0.29) is 5.75 Å². The van der Waals surface area contributed by atoms with Crippen molar-refractivity contribution >= 4 is 62.6 Å². The Labute approximate surface area is 310 Å². The van der Waals surface area contributed by atoms with Crippen LogP contribution in [0.1, 0.15) is 13.3 Å². The maximum Gasteiger partial charge on any atom is 0.232 e. The van der Waals surface area contributed by atoms with Crippen LogP contribution in [-0.4, -0.2) is 95.4 Å². The first-order chi connectivity index (χ1) is 25.5. The number of nitrogens with zero attached hydrogens (tertiary/aromatic N) is 8. The molecule has 0 atom stereocenters. The topological polar surface area (TPSA) is 109 Å². The van der Waals surface area contributed by atoms with Gasteiger partial charge in [0.2, 0.25) is 17.8 Å². The molecule has 12 heteroatoms. The Kier molecular flexibility index (Phi) is 10.9. The lowest BCUT2D eigenvalue weighted by Gasteiger charge is -2.38. The number of halogens is 1. The molecule has 3 aromatic carbocycles. The van der Waals surface area contributed by atoms with E-state index in [2.05, 4.69) is 79.3 Å². The lowest BCUT2D eigenvalue weighted by Crippen LogP contribution is -2.48. The summed E-state index contributed by atoms with van der Waals surface area (Å²) in [5.74, 6) is 2.17. The number of anilines is 5. The highest BCUT2D eigenvalue weighted by molar-refractivity contribution is 6.31. The maximum absolute atomic E-state index is 10.3. The van der Waals surface area contributed by atoms with Gasteiger partial charge in [0.1, 0.15) is 5.75 Å². The van der Waals surface area contributed by atoms with E-state index in [0.717, 1.165) is 92.0 Å². The van der Waals surface area contributed by atoms with Crippen molar-refractivity contribution < 1.29 is 5.11 Å². The number of allylic oxidation sites excluding steroid dienone is 4. The fraction of sp³-hybridized carbons (Fsp3) is 0.300. The highest BCUT2D eigenvalue weighted by Gasteiger charge is 2.24. The highest BCUT2D eigenvalue weighted by atomic mass is 35.5.